The van der Waals surface area contributed by atoms with E-state index >= 15 is 0 Å². The van der Waals surface area contributed by atoms with Crippen molar-refractivity contribution in [3.8, 4) is 0 Å². The highest BCUT2D eigenvalue weighted by atomic mass is 16.5. The average molecular weight is 309 g/mol. The van der Waals surface area contributed by atoms with Crippen LogP contribution >= 0.6 is 0 Å². The number of esters is 2. The molecule has 0 spiro atoms. The lowest BCUT2D eigenvalue weighted by Crippen LogP contribution is -2.30. The number of benzene rings is 1. The molecule has 1 rings (SSSR count). The van der Waals surface area contributed by atoms with Crippen LogP contribution in [0.1, 0.15) is 24.8 Å². The first-order valence-electron chi connectivity index (χ1n) is 6.82. The van der Waals surface area contributed by atoms with Crippen molar-refractivity contribution in [1.82, 2.24) is 0 Å². The number of nitrogens with two attached hydrogens (primary N) is 1. The van der Waals surface area contributed by atoms with Gasteiger partial charge in [0.25, 0.3) is 0 Å². The van der Waals surface area contributed by atoms with E-state index in [0.717, 1.165) is 5.56 Å². The Bertz CT molecular complexity index is 502. The maximum Gasteiger partial charge on any atom is 0.320 e. The number of aliphatic carboxylic acids is 1. The lowest BCUT2D eigenvalue weighted by atomic mass is 10.2. The fourth-order valence-corrected chi connectivity index (χ4v) is 1.53. The highest BCUT2D eigenvalue weighted by molar-refractivity contribution is 5.75. The topological polar surface area (TPSA) is 116 Å². The van der Waals surface area contributed by atoms with Gasteiger partial charge in [0.15, 0.2) is 0 Å². The summed E-state index contributed by atoms with van der Waals surface area (Å²) < 4.78 is 9.82. The number of carboxylic acids is 1. The van der Waals surface area contributed by atoms with Crippen LogP contribution < -0.4 is 5.73 Å². The average Bonchev–Trinajstić information content (AvgIpc) is 2.51. The first kappa shape index (κ1) is 17.6. The summed E-state index contributed by atoms with van der Waals surface area (Å²) in [5, 5.41) is 8.56. The quantitative estimate of drug-likeness (QED) is 0.650. The largest absolute Gasteiger partial charge is 0.480 e. The van der Waals surface area contributed by atoms with Crippen LogP contribution in [0.25, 0.3) is 0 Å². The van der Waals surface area contributed by atoms with Crippen molar-refractivity contribution in [1.29, 1.82) is 0 Å². The molecule has 1 aromatic rings. The van der Waals surface area contributed by atoms with E-state index in [1.165, 1.54) is 0 Å². The van der Waals surface area contributed by atoms with Crippen LogP contribution in [0.3, 0.4) is 0 Å². The molecule has 0 radical (unpaired) electrons. The van der Waals surface area contributed by atoms with Crippen molar-refractivity contribution in [3.63, 3.8) is 0 Å². The van der Waals surface area contributed by atoms with Gasteiger partial charge in [0.05, 0.1) is 6.42 Å². The lowest BCUT2D eigenvalue weighted by molar-refractivity contribution is -0.150. The molecule has 7 nitrogen and oxygen atoms in total. The number of rotatable bonds is 9. The molecule has 0 aliphatic carbocycles. The Labute approximate surface area is 128 Å². The van der Waals surface area contributed by atoms with Gasteiger partial charge in [-0.1, -0.05) is 30.3 Å². The Morgan fingerprint density at radius 1 is 1.05 bits per heavy atom. The third-order valence-corrected chi connectivity index (χ3v) is 2.79. The van der Waals surface area contributed by atoms with Crippen LogP contribution in [-0.2, 0) is 30.5 Å². The minimum Gasteiger partial charge on any atom is -0.480 e. The first-order valence-corrected chi connectivity index (χ1v) is 6.82. The molecule has 120 valence electrons. The summed E-state index contributed by atoms with van der Waals surface area (Å²) in [5.41, 5.74) is 6.13. The highest BCUT2D eigenvalue weighted by Crippen LogP contribution is 2.02. The molecule has 7 heteroatoms. The molecule has 22 heavy (non-hydrogen) atoms. The van der Waals surface area contributed by atoms with E-state index in [1.807, 2.05) is 30.3 Å². The molecule has 0 aliphatic rings. The van der Waals surface area contributed by atoms with Gasteiger partial charge in [-0.05, 0) is 12.0 Å². The van der Waals surface area contributed by atoms with Crippen molar-refractivity contribution < 1.29 is 29.0 Å². The number of carbonyl (C=O) groups is 3. The second-order valence-electron chi connectivity index (χ2n) is 4.60. The maximum absolute atomic E-state index is 11.4. The summed E-state index contributed by atoms with van der Waals surface area (Å²) in [6.45, 7) is 0.0653. The van der Waals surface area contributed by atoms with Gasteiger partial charge in [0, 0.05) is 6.42 Å². The molecule has 0 saturated heterocycles. The van der Waals surface area contributed by atoms with Crippen LogP contribution in [0.5, 0.6) is 0 Å². The molecule has 1 aromatic carbocycles. The van der Waals surface area contributed by atoms with Crippen molar-refractivity contribution in [2.45, 2.75) is 31.9 Å². The van der Waals surface area contributed by atoms with Crippen molar-refractivity contribution in [3.05, 3.63) is 35.9 Å². The number of hydrogen-bond donors (Lipinski definition) is 2. The molecule has 0 heterocycles. The normalized spacial score (nSPS) is 11.5. The summed E-state index contributed by atoms with van der Waals surface area (Å²) in [5.74, 6) is -2.23. The molecular formula is C15H19NO6. The minimum absolute atomic E-state index is 0.00732. The van der Waals surface area contributed by atoms with Gasteiger partial charge in [0.2, 0.25) is 0 Å². The van der Waals surface area contributed by atoms with E-state index in [0.29, 0.717) is 0 Å². The summed E-state index contributed by atoms with van der Waals surface area (Å²) in [6.07, 6.45) is -0.164. The Morgan fingerprint density at radius 3 is 2.32 bits per heavy atom. The molecule has 0 fully saturated rings. The highest BCUT2D eigenvalue weighted by Gasteiger charge is 2.14. The monoisotopic (exact) mass is 309 g/mol. The molecule has 0 bridgehead atoms. The maximum atomic E-state index is 11.4. The summed E-state index contributed by atoms with van der Waals surface area (Å²) >= 11 is 0. The third kappa shape index (κ3) is 7.39. The van der Waals surface area contributed by atoms with Crippen LogP contribution in [0.15, 0.2) is 30.3 Å². The zero-order valence-electron chi connectivity index (χ0n) is 12.1. The number of ether oxygens (including phenoxy) is 2. The second-order valence-corrected chi connectivity index (χ2v) is 4.60. The van der Waals surface area contributed by atoms with Crippen molar-refractivity contribution >= 4 is 17.9 Å². The summed E-state index contributed by atoms with van der Waals surface area (Å²) in [6, 6.07) is 8.11. The third-order valence-electron chi connectivity index (χ3n) is 2.79. The Kier molecular flexibility index (Phi) is 7.63. The zero-order chi connectivity index (χ0) is 16.4. The summed E-state index contributed by atoms with van der Waals surface area (Å²) in [7, 11) is 0. The SMILES string of the molecule is N[C@@H](CCC(=O)OCCC(=O)OCc1ccccc1)C(=O)O. The number of carboxylic acid groups (broad SMARTS) is 1. The molecule has 1 atom stereocenters. The van der Waals surface area contributed by atoms with E-state index in [2.05, 4.69) is 0 Å². The summed E-state index contributed by atoms with van der Waals surface area (Å²) in [4.78, 5) is 33.2. The Hall–Kier alpha value is -2.41. The van der Waals surface area contributed by atoms with E-state index in [9.17, 15) is 14.4 Å². The minimum atomic E-state index is -1.17. The van der Waals surface area contributed by atoms with Gasteiger partial charge in [-0.3, -0.25) is 14.4 Å². The Morgan fingerprint density at radius 2 is 1.68 bits per heavy atom. The van der Waals surface area contributed by atoms with Crippen LogP contribution in [0.2, 0.25) is 0 Å². The first-order chi connectivity index (χ1) is 10.5. The van der Waals surface area contributed by atoms with E-state index in [4.69, 9.17) is 20.3 Å². The molecule has 0 unspecified atom stereocenters. The predicted octanol–water partition coefficient (Wildman–Crippen LogP) is 0.855. The molecule has 0 amide bonds. The predicted molar refractivity (Wildman–Crippen MR) is 76.7 cm³/mol. The van der Waals surface area contributed by atoms with Crippen molar-refractivity contribution in [2.75, 3.05) is 6.61 Å². The van der Waals surface area contributed by atoms with Gasteiger partial charge >= 0.3 is 17.9 Å². The smallest absolute Gasteiger partial charge is 0.320 e. The van der Waals surface area contributed by atoms with Gasteiger partial charge in [-0.25, -0.2) is 0 Å². The van der Waals surface area contributed by atoms with E-state index in [1.54, 1.807) is 0 Å². The second kappa shape index (κ2) is 9.51. The fraction of sp³-hybridized carbons (Fsp3) is 0.400. The molecule has 0 aromatic heterocycles. The standard InChI is InChI=1S/C15H19NO6/c16-12(15(19)20)6-7-13(17)21-9-8-14(18)22-10-11-4-2-1-3-5-11/h1-5,12H,6-10,16H2,(H,19,20)/t12-/m0/s1. The fourth-order valence-electron chi connectivity index (χ4n) is 1.53. The van der Waals surface area contributed by atoms with Gasteiger partial charge in [-0.2, -0.15) is 0 Å². The molecular weight excluding hydrogens is 290 g/mol. The van der Waals surface area contributed by atoms with Gasteiger partial charge in [-0.15, -0.1) is 0 Å². The van der Waals surface area contributed by atoms with Crippen molar-refractivity contribution in [2.24, 2.45) is 5.73 Å². The van der Waals surface area contributed by atoms with Gasteiger partial charge < -0.3 is 20.3 Å². The van der Waals surface area contributed by atoms with Crippen LogP contribution in [0, 0.1) is 0 Å². The van der Waals surface area contributed by atoms with E-state index < -0.39 is 23.9 Å². The van der Waals surface area contributed by atoms with Crippen LogP contribution in [0.4, 0.5) is 0 Å². The zero-order valence-corrected chi connectivity index (χ0v) is 12.1. The molecule has 0 saturated carbocycles. The molecule has 0 aliphatic heterocycles. The molecule has 3 N–H and O–H groups in total. The van der Waals surface area contributed by atoms with Gasteiger partial charge in [0.1, 0.15) is 19.3 Å². The Balaban J connectivity index is 2.11. The number of carbonyl (C=O) groups excluding carboxylic acids is 2. The number of hydrogen-bond acceptors (Lipinski definition) is 6. The van der Waals surface area contributed by atoms with Crippen LogP contribution in [-0.4, -0.2) is 35.7 Å². The van der Waals surface area contributed by atoms with E-state index in [-0.39, 0.29) is 32.5 Å². The lowest BCUT2D eigenvalue weighted by Gasteiger charge is -2.07.